The van der Waals surface area contributed by atoms with Gasteiger partial charge in [0.2, 0.25) is 0 Å². The molecule has 1 unspecified atom stereocenters. The van der Waals surface area contributed by atoms with Gasteiger partial charge in [0.25, 0.3) is 0 Å². The van der Waals surface area contributed by atoms with Crippen molar-refractivity contribution in [3.63, 3.8) is 0 Å². The fraction of sp³-hybridized carbons (Fsp3) is 0.455. The number of aryl methyl sites for hydroxylation is 2. The van der Waals surface area contributed by atoms with Crippen LogP contribution in [0.5, 0.6) is 0 Å². The third-order valence-electron chi connectivity index (χ3n) is 2.44. The molecule has 1 aromatic carbocycles. The van der Waals surface area contributed by atoms with Gasteiger partial charge in [-0.05, 0) is 42.7 Å². The van der Waals surface area contributed by atoms with Gasteiger partial charge in [0.05, 0.1) is 0 Å². The van der Waals surface area contributed by atoms with Crippen LogP contribution in [-0.4, -0.2) is 12.3 Å². The van der Waals surface area contributed by atoms with Gasteiger partial charge in [-0.15, -0.1) is 0 Å². The molecule has 0 bridgehead atoms. The molecule has 96 valence electrons. The minimum atomic E-state index is -4.20. The van der Waals surface area contributed by atoms with E-state index in [1.807, 2.05) is 0 Å². The lowest BCUT2D eigenvalue weighted by molar-refractivity contribution is -0.128. The second-order valence-corrected chi connectivity index (χ2v) is 4.71. The summed E-state index contributed by atoms with van der Waals surface area (Å²) in [6.07, 6.45) is -3.78. The first kappa shape index (κ1) is 14.4. The average molecular weight is 317 g/mol. The van der Waals surface area contributed by atoms with Crippen molar-refractivity contribution in [2.45, 2.75) is 31.0 Å². The van der Waals surface area contributed by atoms with Gasteiger partial charge in [-0.1, -0.05) is 15.9 Å². The maximum atomic E-state index is 13.2. The van der Waals surface area contributed by atoms with E-state index in [0.29, 0.717) is 0 Å². The molecule has 0 spiro atoms. The van der Waals surface area contributed by atoms with Crippen LogP contribution in [0.1, 0.15) is 21.5 Å². The summed E-state index contributed by atoms with van der Waals surface area (Å²) >= 11 is 2.58. The van der Waals surface area contributed by atoms with Crippen LogP contribution in [0.25, 0.3) is 0 Å². The third-order valence-corrected chi connectivity index (χ3v) is 3.51. The van der Waals surface area contributed by atoms with Crippen molar-refractivity contribution < 1.29 is 22.0 Å². The van der Waals surface area contributed by atoms with Crippen LogP contribution in [0.15, 0.2) is 12.1 Å². The fourth-order valence-electron chi connectivity index (χ4n) is 1.62. The Morgan fingerprint density at radius 3 is 1.88 bits per heavy atom. The van der Waals surface area contributed by atoms with Crippen LogP contribution in [-0.2, 0) is 0 Å². The first-order valence-corrected chi connectivity index (χ1v) is 5.66. The number of hydrogen-bond donors (Lipinski definition) is 0. The van der Waals surface area contributed by atoms with E-state index >= 15 is 0 Å². The summed E-state index contributed by atoms with van der Waals surface area (Å²) in [7, 11) is 0. The van der Waals surface area contributed by atoms with Crippen molar-refractivity contribution in [1.29, 1.82) is 0 Å². The topological polar surface area (TPSA) is 0 Å². The standard InChI is InChI=1S/C11H10BrF5/c1-5-3-7(13)4-6(2)8(5)9(12)11(16,17)10(14)15/h3-4,9-10H,1-2H3. The summed E-state index contributed by atoms with van der Waals surface area (Å²) in [6.45, 7) is 2.81. The van der Waals surface area contributed by atoms with Crippen molar-refractivity contribution in [3.8, 4) is 0 Å². The Balaban J connectivity index is 3.26. The second-order valence-electron chi connectivity index (χ2n) is 3.79. The zero-order valence-electron chi connectivity index (χ0n) is 9.08. The Bertz CT molecular complexity index is 393. The van der Waals surface area contributed by atoms with Gasteiger partial charge in [0, 0.05) is 0 Å². The van der Waals surface area contributed by atoms with E-state index in [0.717, 1.165) is 12.1 Å². The van der Waals surface area contributed by atoms with Gasteiger partial charge >= 0.3 is 12.3 Å². The fourth-order valence-corrected chi connectivity index (χ4v) is 2.55. The highest BCUT2D eigenvalue weighted by Gasteiger charge is 2.49. The summed E-state index contributed by atoms with van der Waals surface area (Å²) in [6, 6.07) is 2.08. The predicted octanol–water partition coefficient (Wildman–Crippen LogP) is 4.78. The molecule has 0 saturated heterocycles. The van der Waals surface area contributed by atoms with Crippen molar-refractivity contribution >= 4 is 15.9 Å². The van der Waals surface area contributed by atoms with Crippen LogP contribution < -0.4 is 0 Å². The summed E-state index contributed by atoms with van der Waals surface area (Å²) in [5.74, 6) is -4.78. The number of alkyl halides is 5. The highest BCUT2D eigenvalue weighted by molar-refractivity contribution is 9.09. The number of rotatable bonds is 3. The molecule has 0 aromatic heterocycles. The van der Waals surface area contributed by atoms with Crippen LogP contribution >= 0.6 is 15.9 Å². The Morgan fingerprint density at radius 1 is 1.12 bits per heavy atom. The molecule has 0 aliphatic rings. The van der Waals surface area contributed by atoms with Crippen LogP contribution in [0.3, 0.4) is 0 Å². The van der Waals surface area contributed by atoms with Gasteiger partial charge in [0.1, 0.15) is 10.6 Å². The molecule has 1 rings (SSSR count). The number of hydrogen-bond acceptors (Lipinski definition) is 0. The maximum Gasteiger partial charge on any atom is 0.323 e. The third kappa shape index (κ3) is 2.78. The normalized spacial score (nSPS) is 14.2. The average Bonchev–Trinajstić information content (AvgIpc) is 2.15. The number of benzene rings is 1. The summed E-state index contributed by atoms with van der Waals surface area (Å²) in [5, 5.41) is 0. The monoisotopic (exact) mass is 316 g/mol. The van der Waals surface area contributed by atoms with E-state index in [-0.39, 0.29) is 16.7 Å². The van der Waals surface area contributed by atoms with E-state index in [4.69, 9.17) is 0 Å². The first-order chi connectivity index (χ1) is 7.67. The first-order valence-electron chi connectivity index (χ1n) is 4.74. The second kappa shape index (κ2) is 4.92. The van der Waals surface area contributed by atoms with E-state index in [1.54, 1.807) is 0 Å². The van der Waals surface area contributed by atoms with Crippen molar-refractivity contribution in [2.75, 3.05) is 0 Å². The Morgan fingerprint density at radius 2 is 1.53 bits per heavy atom. The van der Waals surface area contributed by atoms with E-state index in [1.165, 1.54) is 13.8 Å². The zero-order valence-corrected chi connectivity index (χ0v) is 10.7. The zero-order chi connectivity index (χ0) is 13.4. The minimum Gasteiger partial charge on any atom is -0.207 e. The molecule has 6 heteroatoms. The summed E-state index contributed by atoms with van der Waals surface area (Å²) < 4.78 is 63.8. The van der Waals surface area contributed by atoms with Crippen molar-refractivity contribution in [1.82, 2.24) is 0 Å². The van der Waals surface area contributed by atoms with Gasteiger partial charge in [0.15, 0.2) is 0 Å². The van der Waals surface area contributed by atoms with Crippen LogP contribution in [0, 0.1) is 19.7 Å². The minimum absolute atomic E-state index is 0.00306. The van der Waals surface area contributed by atoms with E-state index < -0.39 is 23.0 Å². The van der Waals surface area contributed by atoms with Gasteiger partial charge in [-0.2, -0.15) is 8.78 Å². The van der Waals surface area contributed by atoms with Gasteiger partial charge in [-0.25, -0.2) is 13.2 Å². The van der Waals surface area contributed by atoms with E-state index in [2.05, 4.69) is 15.9 Å². The highest BCUT2D eigenvalue weighted by Crippen LogP contribution is 2.44. The molecule has 0 fully saturated rings. The molecular weight excluding hydrogens is 307 g/mol. The molecule has 0 heterocycles. The molecular formula is C11H10BrF5. The molecule has 0 saturated carbocycles. The molecule has 1 aromatic rings. The molecule has 0 radical (unpaired) electrons. The highest BCUT2D eigenvalue weighted by atomic mass is 79.9. The largest absolute Gasteiger partial charge is 0.323 e. The molecule has 0 aliphatic heterocycles. The molecule has 17 heavy (non-hydrogen) atoms. The Labute approximate surface area is 104 Å². The molecule has 0 aliphatic carbocycles. The Kier molecular flexibility index (Phi) is 4.17. The maximum absolute atomic E-state index is 13.2. The number of halogens is 6. The quantitative estimate of drug-likeness (QED) is 0.556. The van der Waals surface area contributed by atoms with Crippen LogP contribution in [0.2, 0.25) is 0 Å². The predicted molar refractivity (Wildman–Crippen MR) is 58.5 cm³/mol. The lowest BCUT2D eigenvalue weighted by Crippen LogP contribution is -2.32. The van der Waals surface area contributed by atoms with Crippen LogP contribution in [0.4, 0.5) is 22.0 Å². The lowest BCUT2D eigenvalue weighted by Gasteiger charge is -2.24. The SMILES string of the molecule is Cc1cc(F)cc(C)c1C(Br)C(F)(F)C(F)F. The van der Waals surface area contributed by atoms with Crippen molar-refractivity contribution in [3.05, 3.63) is 34.6 Å². The Hall–Kier alpha value is -0.650. The lowest BCUT2D eigenvalue weighted by atomic mass is 9.96. The van der Waals surface area contributed by atoms with E-state index in [9.17, 15) is 22.0 Å². The molecule has 0 N–H and O–H groups in total. The molecule has 0 nitrogen and oxygen atoms in total. The van der Waals surface area contributed by atoms with Gasteiger partial charge in [-0.3, -0.25) is 0 Å². The molecule has 1 atom stereocenters. The summed E-state index contributed by atoms with van der Waals surface area (Å²) in [4.78, 5) is -1.84. The molecule has 0 amide bonds. The summed E-state index contributed by atoms with van der Waals surface area (Å²) in [5.41, 5.74) is 0.422. The van der Waals surface area contributed by atoms with Gasteiger partial charge < -0.3 is 0 Å². The smallest absolute Gasteiger partial charge is 0.207 e. The van der Waals surface area contributed by atoms with Crippen molar-refractivity contribution in [2.24, 2.45) is 0 Å².